The molecule has 0 fully saturated rings. The Bertz CT molecular complexity index is 850. The van der Waals surface area contributed by atoms with Gasteiger partial charge in [0.15, 0.2) is 5.70 Å². The van der Waals surface area contributed by atoms with Gasteiger partial charge in [0.1, 0.15) is 5.75 Å². The number of ether oxygens (including phenoxy) is 2. The molecule has 0 spiro atoms. The van der Waals surface area contributed by atoms with E-state index < -0.39 is 5.97 Å². The highest BCUT2D eigenvalue weighted by Gasteiger charge is 2.24. The molecule has 0 saturated carbocycles. The summed E-state index contributed by atoms with van der Waals surface area (Å²) in [7, 11) is 0. The van der Waals surface area contributed by atoms with Crippen molar-refractivity contribution in [3.8, 4) is 5.75 Å². The Hall–Kier alpha value is -2.88. The second kappa shape index (κ2) is 9.17. The number of hydrogen-bond donors (Lipinski definition) is 0. The third-order valence-electron chi connectivity index (χ3n) is 4.39. The SMILES string of the molecule is CCCCCCOc1ccccc1/C=C1\N=C(c2ccc(C)cc2)OC1=O. The fraction of sp³-hybridized carbons (Fsp3) is 0.304. The van der Waals surface area contributed by atoms with Gasteiger partial charge in [0.25, 0.3) is 0 Å². The Morgan fingerprint density at radius 1 is 1.04 bits per heavy atom. The average Bonchev–Trinajstić information content (AvgIpc) is 3.04. The van der Waals surface area contributed by atoms with Gasteiger partial charge in [0.05, 0.1) is 6.61 Å². The molecule has 0 amide bonds. The van der Waals surface area contributed by atoms with E-state index in [-0.39, 0.29) is 5.70 Å². The van der Waals surface area contributed by atoms with Crippen molar-refractivity contribution in [2.75, 3.05) is 6.61 Å². The van der Waals surface area contributed by atoms with Gasteiger partial charge in [-0.05, 0) is 37.6 Å². The predicted octanol–water partition coefficient (Wildman–Crippen LogP) is 5.30. The van der Waals surface area contributed by atoms with Crippen molar-refractivity contribution in [1.29, 1.82) is 0 Å². The van der Waals surface area contributed by atoms with Gasteiger partial charge < -0.3 is 9.47 Å². The van der Waals surface area contributed by atoms with Crippen LogP contribution in [0.1, 0.15) is 49.3 Å². The zero-order chi connectivity index (χ0) is 19.1. The molecule has 3 rings (SSSR count). The fourth-order valence-corrected chi connectivity index (χ4v) is 2.82. The molecule has 140 valence electrons. The van der Waals surface area contributed by atoms with Gasteiger partial charge >= 0.3 is 5.97 Å². The number of cyclic esters (lactones) is 1. The van der Waals surface area contributed by atoms with E-state index >= 15 is 0 Å². The van der Waals surface area contributed by atoms with Crippen LogP contribution in [0, 0.1) is 6.92 Å². The van der Waals surface area contributed by atoms with Gasteiger partial charge in [0, 0.05) is 11.1 Å². The first-order valence-corrected chi connectivity index (χ1v) is 9.49. The highest BCUT2D eigenvalue weighted by molar-refractivity contribution is 6.12. The lowest BCUT2D eigenvalue weighted by atomic mass is 10.1. The Morgan fingerprint density at radius 2 is 1.81 bits per heavy atom. The molecule has 1 heterocycles. The van der Waals surface area contributed by atoms with Crippen LogP contribution in [0.2, 0.25) is 0 Å². The van der Waals surface area contributed by atoms with Crippen LogP contribution in [-0.4, -0.2) is 18.5 Å². The van der Waals surface area contributed by atoms with Gasteiger partial charge in [-0.2, -0.15) is 0 Å². The Morgan fingerprint density at radius 3 is 2.59 bits per heavy atom. The summed E-state index contributed by atoms with van der Waals surface area (Å²) in [5.41, 5.74) is 3.05. The molecule has 2 aromatic rings. The molecule has 0 unspecified atom stereocenters. The normalized spacial score (nSPS) is 15.0. The average molecular weight is 363 g/mol. The van der Waals surface area contributed by atoms with Gasteiger partial charge in [0.2, 0.25) is 5.90 Å². The van der Waals surface area contributed by atoms with Gasteiger partial charge in [-0.15, -0.1) is 0 Å². The largest absolute Gasteiger partial charge is 0.493 e. The van der Waals surface area contributed by atoms with Gasteiger partial charge in [-0.1, -0.05) is 62.1 Å². The van der Waals surface area contributed by atoms with Crippen molar-refractivity contribution in [1.82, 2.24) is 0 Å². The maximum Gasteiger partial charge on any atom is 0.363 e. The summed E-state index contributed by atoms with van der Waals surface area (Å²) in [5, 5.41) is 0. The van der Waals surface area contributed by atoms with Crippen LogP contribution in [0.5, 0.6) is 5.75 Å². The lowest BCUT2D eigenvalue weighted by Crippen LogP contribution is -2.05. The molecule has 0 aliphatic carbocycles. The van der Waals surface area contributed by atoms with Gasteiger partial charge in [-0.3, -0.25) is 0 Å². The summed E-state index contributed by atoms with van der Waals surface area (Å²) < 4.78 is 11.2. The van der Waals surface area contributed by atoms with E-state index in [1.807, 2.05) is 55.5 Å². The quantitative estimate of drug-likeness (QED) is 0.363. The molecule has 0 atom stereocenters. The van der Waals surface area contributed by atoms with Crippen LogP contribution in [0.25, 0.3) is 6.08 Å². The van der Waals surface area contributed by atoms with Crippen molar-refractivity contribution >= 4 is 17.9 Å². The standard InChI is InChI=1S/C23H25NO3/c1-3-4-5-8-15-26-21-10-7-6-9-19(21)16-20-23(25)27-22(24-20)18-13-11-17(2)12-14-18/h6-7,9-14,16H,3-5,8,15H2,1-2H3/b20-16-. The minimum absolute atomic E-state index is 0.285. The van der Waals surface area contributed by atoms with Crippen molar-refractivity contribution in [3.05, 3.63) is 70.9 Å². The first kappa shape index (κ1) is 18.9. The molecular weight excluding hydrogens is 338 g/mol. The maximum absolute atomic E-state index is 12.2. The highest BCUT2D eigenvalue weighted by Crippen LogP contribution is 2.25. The molecule has 1 aliphatic rings. The lowest BCUT2D eigenvalue weighted by Gasteiger charge is -2.09. The number of hydrogen-bond acceptors (Lipinski definition) is 4. The summed E-state index contributed by atoms with van der Waals surface area (Å²) in [4.78, 5) is 16.6. The van der Waals surface area contributed by atoms with Crippen LogP contribution < -0.4 is 4.74 Å². The van der Waals surface area contributed by atoms with Crippen molar-refractivity contribution in [2.24, 2.45) is 4.99 Å². The second-order valence-electron chi connectivity index (χ2n) is 6.65. The Labute approximate surface area is 160 Å². The van der Waals surface area contributed by atoms with Crippen LogP contribution in [0.15, 0.2) is 59.2 Å². The predicted molar refractivity (Wildman–Crippen MR) is 108 cm³/mol. The number of benzene rings is 2. The summed E-state index contributed by atoms with van der Waals surface area (Å²) in [6.07, 6.45) is 6.33. The molecular formula is C23H25NO3. The Balaban J connectivity index is 1.75. The number of carbonyl (C=O) groups excluding carboxylic acids is 1. The van der Waals surface area contributed by atoms with E-state index in [1.165, 1.54) is 12.8 Å². The van der Waals surface area contributed by atoms with E-state index in [9.17, 15) is 4.79 Å². The van der Waals surface area contributed by atoms with Gasteiger partial charge in [-0.25, -0.2) is 9.79 Å². The number of esters is 1. The van der Waals surface area contributed by atoms with E-state index in [2.05, 4.69) is 11.9 Å². The number of aliphatic imine (C=N–C) groups is 1. The number of unbranched alkanes of at least 4 members (excludes halogenated alkanes) is 3. The molecule has 0 radical (unpaired) electrons. The zero-order valence-electron chi connectivity index (χ0n) is 15.9. The third-order valence-corrected chi connectivity index (χ3v) is 4.39. The number of carbonyl (C=O) groups is 1. The van der Waals surface area contributed by atoms with Crippen LogP contribution in [0.4, 0.5) is 0 Å². The summed E-state index contributed by atoms with van der Waals surface area (Å²) in [6.45, 7) is 4.87. The fourth-order valence-electron chi connectivity index (χ4n) is 2.82. The summed E-state index contributed by atoms with van der Waals surface area (Å²) >= 11 is 0. The first-order chi connectivity index (χ1) is 13.2. The summed E-state index contributed by atoms with van der Waals surface area (Å²) in [6, 6.07) is 15.4. The number of nitrogens with zero attached hydrogens (tertiary/aromatic N) is 1. The topological polar surface area (TPSA) is 47.9 Å². The molecule has 1 aliphatic heterocycles. The minimum atomic E-state index is -0.441. The van der Waals surface area contributed by atoms with E-state index in [1.54, 1.807) is 6.08 Å². The maximum atomic E-state index is 12.2. The van der Waals surface area contributed by atoms with Crippen molar-refractivity contribution < 1.29 is 14.3 Å². The molecule has 4 nitrogen and oxygen atoms in total. The molecule has 27 heavy (non-hydrogen) atoms. The molecule has 2 aromatic carbocycles. The molecule has 0 saturated heterocycles. The lowest BCUT2D eigenvalue weighted by molar-refractivity contribution is -0.129. The molecule has 0 aromatic heterocycles. The first-order valence-electron chi connectivity index (χ1n) is 9.49. The molecule has 0 bridgehead atoms. The molecule has 4 heteroatoms. The van der Waals surface area contributed by atoms with Crippen LogP contribution in [0.3, 0.4) is 0 Å². The number of rotatable bonds is 8. The zero-order valence-corrected chi connectivity index (χ0v) is 15.9. The smallest absolute Gasteiger partial charge is 0.363 e. The van der Waals surface area contributed by atoms with Crippen molar-refractivity contribution in [2.45, 2.75) is 39.5 Å². The van der Waals surface area contributed by atoms with Crippen LogP contribution >= 0.6 is 0 Å². The van der Waals surface area contributed by atoms with E-state index in [4.69, 9.17) is 9.47 Å². The number of para-hydroxylation sites is 1. The molecule has 0 N–H and O–H groups in total. The van der Waals surface area contributed by atoms with E-state index in [0.29, 0.717) is 12.5 Å². The Kier molecular flexibility index (Phi) is 6.42. The van der Waals surface area contributed by atoms with Crippen LogP contribution in [-0.2, 0) is 9.53 Å². The minimum Gasteiger partial charge on any atom is -0.493 e. The number of aryl methyl sites for hydroxylation is 1. The monoisotopic (exact) mass is 363 g/mol. The third kappa shape index (κ3) is 5.07. The highest BCUT2D eigenvalue weighted by atomic mass is 16.6. The van der Waals surface area contributed by atoms with E-state index in [0.717, 1.165) is 35.3 Å². The summed E-state index contributed by atoms with van der Waals surface area (Å²) in [5.74, 6) is 0.654. The van der Waals surface area contributed by atoms with Crippen molar-refractivity contribution in [3.63, 3.8) is 0 Å². The second-order valence-corrected chi connectivity index (χ2v) is 6.65.